The first-order valence-corrected chi connectivity index (χ1v) is 10.0. The van der Waals surface area contributed by atoms with Gasteiger partial charge in [0.1, 0.15) is 0 Å². The summed E-state index contributed by atoms with van der Waals surface area (Å²) in [4.78, 5) is 23.2. The summed E-state index contributed by atoms with van der Waals surface area (Å²) in [6.07, 6.45) is 3.38. The van der Waals surface area contributed by atoms with Gasteiger partial charge in [-0.3, -0.25) is 4.79 Å². The highest BCUT2D eigenvalue weighted by Gasteiger charge is 2.24. The number of aromatic nitrogens is 3. The van der Waals surface area contributed by atoms with Crippen molar-refractivity contribution in [1.29, 1.82) is 0 Å². The lowest BCUT2D eigenvalue weighted by atomic mass is 10.2. The van der Waals surface area contributed by atoms with Gasteiger partial charge in [-0.2, -0.15) is 5.10 Å². The number of rotatable bonds is 5. The lowest BCUT2D eigenvalue weighted by molar-refractivity contribution is 0.0746. The van der Waals surface area contributed by atoms with Crippen molar-refractivity contribution in [3.8, 4) is 5.88 Å². The third kappa shape index (κ3) is 4.56. The van der Waals surface area contributed by atoms with Gasteiger partial charge >= 0.3 is 0 Å². The van der Waals surface area contributed by atoms with Crippen LogP contribution >= 0.6 is 0 Å². The molecule has 0 unspecified atom stereocenters. The summed E-state index contributed by atoms with van der Waals surface area (Å²) in [6.45, 7) is 8.36. The first-order valence-electron chi connectivity index (χ1n) is 10.0. The van der Waals surface area contributed by atoms with Gasteiger partial charge in [-0.05, 0) is 13.0 Å². The molecule has 0 bridgehead atoms. The van der Waals surface area contributed by atoms with Crippen LogP contribution in [0.1, 0.15) is 17.3 Å². The van der Waals surface area contributed by atoms with Crippen molar-refractivity contribution in [2.24, 2.45) is 0 Å². The van der Waals surface area contributed by atoms with Crippen LogP contribution in [0.25, 0.3) is 0 Å². The fourth-order valence-corrected chi connectivity index (χ4v) is 3.56. The Morgan fingerprint density at radius 2 is 1.86 bits per heavy atom. The SMILES string of the molecule is CCOc1ccc(C(=O)N2CCN(c3cc(N4CCOCC4)cnn3)CC2)cn1. The summed E-state index contributed by atoms with van der Waals surface area (Å²) in [7, 11) is 0. The highest BCUT2D eigenvalue weighted by Crippen LogP contribution is 2.21. The summed E-state index contributed by atoms with van der Waals surface area (Å²) < 4.78 is 10.8. The van der Waals surface area contributed by atoms with Gasteiger partial charge in [0.25, 0.3) is 5.91 Å². The van der Waals surface area contributed by atoms with Gasteiger partial charge in [0, 0.05) is 57.6 Å². The van der Waals surface area contributed by atoms with E-state index in [1.54, 1.807) is 24.5 Å². The van der Waals surface area contributed by atoms with Crippen LogP contribution in [0.3, 0.4) is 0 Å². The predicted octanol–water partition coefficient (Wildman–Crippen LogP) is 1.07. The third-order valence-corrected chi connectivity index (χ3v) is 5.17. The quantitative estimate of drug-likeness (QED) is 0.740. The Kier molecular flexibility index (Phi) is 6.04. The Morgan fingerprint density at radius 3 is 2.55 bits per heavy atom. The first-order chi connectivity index (χ1) is 14.2. The van der Waals surface area contributed by atoms with Crippen molar-refractivity contribution in [3.63, 3.8) is 0 Å². The molecule has 0 N–H and O–H groups in total. The molecule has 4 heterocycles. The van der Waals surface area contributed by atoms with E-state index in [-0.39, 0.29) is 5.91 Å². The van der Waals surface area contributed by atoms with Crippen LogP contribution in [0.15, 0.2) is 30.6 Å². The summed E-state index contributed by atoms with van der Waals surface area (Å²) in [6, 6.07) is 5.58. The van der Waals surface area contributed by atoms with E-state index in [4.69, 9.17) is 9.47 Å². The van der Waals surface area contributed by atoms with Crippen LogP contribution in [0.5, 0.6) is 5.88 Å². The minimum atomic E-state index is -0.00616. The molecule has 1 amide bonds. The van der Waals surface area contributed by atoms with Crippen molar-refractivity contribution >= 4 is 17.4 Å². The molecular formula is C20H26N6O3. The van der Waals surface area contributed by atoms with E-state index in [1.165, 1.54) is 0 Å². The molecule has 0 saturated carbocycles. The molecular weight excluding hydrogens is 372 g/mol. The zero-order chi connectivity index (χ0) is 20.1. The van der Waals surface area contributed by atoms with Crippen molar-refractivity contribution < 1.29 is 14.3 Å². The Hall–Kier alpha value is -2.94. The molecule has 0 radical (unpaired) electrons. The maximum absolute atomic E-state index is 12.8. The fourth-order valence-electron chi connectivity index (χ4n) is 3.56. The van der Waals surface area contributed by atoms with Gasteiger partial charge in [0.15, 0.2) is 5.82 Å². The second-order valence-corrected chi connectivity index (χ2v) is 6.97. The topological polar surface area (TPSA) is 83.9 Å². The number of hydrogen-bond acceptors (Lipinski definition) is 8. The molecule has 2 aromatic heterocycles. The standard InChI is InChI=1S/C20H26N6O3/c1-2-29-19-4-3-16(14-21-19)20(27)26-7-5-25(6-8-26)18-13-17(15-22-23-18)24-9-11-28-12-10-24/h3-4,13-15H,2,5-12H2,1H3. The lowest BCUT2D eigenvalue weighted by Crippen LogP contribution is -2.49. The van der Waals surface area contributed by atoms with E-state index in [0.29, 0.717) is 31.1 Å². The van der Waals surface area contributed by atoms with Crippen molar-refractivity contribution in [2.75, 3.05) is 68.9 Å². The minimum absolute atomic E-state index is 0.00616. The number of morpholine rings is 1. The van der Waals surface area contributed by atoms with Gasteiger partial charge in [0.05, 0.1) is 37.3 Å². The molecule has 2 aromatic rings. The number of nitrogens with zero attached hydrogens (tertiary/aromatic N) is 6. The van der Waals surface area contributed by atoms with E-state index >= 15 is 0 Å². The molecule has 0 aromatic carbocycles. The molecule has 2 aliphatic rings. The van der Waals surface area contributed by atoms with E-state index in [1.807, 2.05) is 11.8 Å². The average Bonchev–Trinajstić information content (AvgIpc) is 2.80. The summed E-state index contributed by atoms with van der Waals surface area (Å²) in [5, 5.41) is 8.49. The molecule has 4 rings (SSSR count). The molecule has 29 heavy (non-hydrogen) atoms. The smallest absolute Gasteiger partial charge is 0.255 e. The Labute approximate surface area is 170 Å². The molecule has 0 atom stereocenters. The van der Waals surface area contributed by atoms with E-state index in [2.05, 4.69) is 31.0 Å². The first kappa shape index (κ1) is 19.4. The molecule has 2 saturated heterocycles. The maximum atomic E-state index is 12.8. The zero-order valence-corrected chi connectivity index (χ0v) is 16.7. The van der Waals surface area contributed by atoms with E-state index in [0.717, 1.165) is 50.9 Å². The minimum Gasteiger partial charge on any atom is -0.478 e. The number of piperazine rings is 1. The maximum Gasteiger partial charge on any atom is 0.255 e. The van der Waals surface area contributed by atoms with Gasteiger partial charge in [0.2, 0.25) is 5.88 Å². The van der Waals surface area contributed by atoms with Crippen LogP contribution in [0.2, 0.25) is 0 Å². The monoisotopic (exact) mass is 398 g/mol. The Balaban J connectivity index is 1.36. The molecule has 0 aliphatic carbocycles. The number of carbonyl (C=O) groups is 1. The van der Waals surface area contributed by atoms with Crippen LogP contribution in [0.4, 0.5) is 11.5 Å². The Bertz CT molecular complexity index is 817. The number of ether oxygens (including phenoxy) is 2. The van der Waals surface area contributed by atoms with Gasteiger partial charge < -0.3 is 24.2 Å². The number of pyridine rings is 1. The van der Waals surface area contributed by atoms with Gasteiger partial charge in [-0.25, -0.2) is 4.98 Å². The number of hydrogen-bond donors (Lipinski definition) is 0. The lowest BCUT2D eigenvalue weighted by Gasteiger charge is -2.35. The predicted molar refractivity (Wildman–Crippen MR) is 109 cm³/mol. The molecule has 9 nitrogen and oxygen atoms in total. The highest BCUT2D eigenvalue weighted by atomic mass is 16.5. The van der Waals surface area contributed by atoms with Crippen LogP contribution < -0.4 is 14.5 Å². The average molecular weight is 398 g/mol. The largest absolute Gasteiger partial charge is 0.478 e. The second-order valence-electron chi connectivity index (χ2n) is 6.97. The summed E-state index contributed by atoms with van der Waals surface area (Å²) >= 11 is 0. The third-order valence-electron chi connectivity index (χ3n) is 5.17. The molecule has 2 aliphatic heterocycles. The van der Waals surface area contributed by atoms with E-state index < -0.39 is 0 Å². The van der Waals surface area contributed by atoms with Crippen LogP contribution in [-0.2, 0) is 4.74 Å². The zero-order valence-electron chi connectivity index (χ0n) is 16.7. The number of amides is 1. The number of carbonyl (C=O) groups excluding carboxylic acids is 1. The molecule has 9 heteroatoms. The molecule has 0 spiro atoms. The van der Waals surface area contributed by atoms with Crippen molar-refractivity contribution in [3.05, 3.63) is 36.2 Å². The van der Waals surface area contributed by atoms with Gasteiger partial charge in [-0.15, -0.1) is 5.10 Å². The van der Waals surface area contributed by atoms with Crippen molar-refractivity contribution in [1.82, 2.24) is 20.1 Å². The normalized spacial score (nSPS) is 17.3. The Morgan fingerprint density at radius 1 is 1.07 bits per heavy atom. The summed E-state index contributed by atoms with van der Waals surface area (Å²) in [5.41, 5.74) is 1.65. The van der Waals surface area contributed by atoms with Crippen molar-refractivity contribution in [2.45, 2.75) is 6.92 Å². The van der Waals surface area contributed by atoms with Crippen LogP contribution in [-0.4, -0.2) is 85.1 Å². The molecule has 154 valence electrons. The fraction of sp³-hybridized carbons (Fsp3) is 0.500. The second kappa shape index (κ2) is 9.04. The van der Waals surface area contributed by atoms with E-state index in [9.17, 15) is 4.79 Å². The summed E-state index contributed by atoms with van der Waals surface area (Å²) in [5.74, 6) is 1.38. The van der Waals surface area contributed by atoms with Gasteiger partial charge in [-0.1, -0.05) is 0 Å². The van der Waals surface area contributed by atoms with Crippen LogP contribution in [0, 0.1) is 0 Å². The molecule has 2 fully saturated rings. The number of anilines is 2. The highest BCUT2D eigenvalue weighted by molar-refractivity contribution is 5.94.